The van der Waals surface area contributed by atoms with Gasteiger partial charge in [0.15, 0.2) is 0 Å². The second kappa shape index (κ2) is 5.06. The van der Waals surface area contributed by atoms with Gasteiger partial charge >= 0.3 is 0 Å². The zero-order valence-electron chi connectivity index (χ0n) is 11.0. The Morgan fingerprint density at radius 2 is 2.39 bits per heavy atom. The maximum Gasteiger partial charge on any atom is 0.204 e. The van der Waals surface area contributed by atoms with E-state index in [1.807, 2.05) is 0 Å². The van der Waals surface area contributed by atoms with Crippen LogP contribution in [0.4, 0.5) is 0 Å². The summed E-state index contributed by atoms with van der Waals surface area (Å²) in [5, 5.41) is 0. The van der Waals surface area contributed by atoms with E-state index in [1.54, 1.807) is 25.4 Å². The number of carbonyl (C=O) groups excluding carboxylic acids is 1. The molecule has 1 aliphatic rings. The molecule has 0 aliphatic heterocycles. The van der Waals surface area contributed by atoms with E-state index in [4.69, 9.17) is 10.5 Å². The number of pyridine rings is 1. The molecule has 0 bridgehead atoms. The summed E-state index contributed by atoms with van der Waals surface area (Å²) in [5.41, 5.74) is 5.88. The summed E-state index contributed by atoms with van der Waals surface area (Å²) in [7, 11) is 1.54. The molecule has 0 aromatic carbocycles. The largest absolute Gasteiger partial charge is 0.494 e. The minimum absolute atomic E-state index is 0.0912. The first-order valence-corrected chi connectivity index (χ1v) is 6.39. The van der Waals surface area contributed by atoms with Crippen LogP contribution in [0.3, 0.4) is 0 Å². The molecule has 18 heavy (non-hydrogen) atoms. The monoisotopic (exact) mass is 248 g/mol. The Labute approximate surface area is 108 Å². The fourth-order valence-electron chi connectivity index (χ4n) is 2.76. The highest BCUT2D eigenvalue weighted by molar-refractivity contribution is 6.03. The van der Waals surface area contributed by atoms with Crippen molar-refractivity contribution in [2.24, 2.45) is 11.7 Å². The SMILES string of the molecule is COc1cccnc1C(=O)C1(N)CCCC(C)C1. The average Bonchev–Trinajstić information content (AvgIpc) is 2.37. The van der Waals surface area contributed by atoms with Crippen molar-refractivity contribution in [3.63, 3.8) is 0 Å². The van der Waals surface area contributed by atoms with Crippen LogP contribution in [0.5, 0.6) is 5.75 Å². The van der Waals surface area contributed by atoms with Crippen molar-refractivity contribution in [1.29, 1.82) is 0 Å². The Hall–Kier alpha value is -1.42. The summed E-state index contributed by atoms with van der Waals surface area (Å²) in [4.78, 5) is 16.7. The van der Waals surface area contributed by atoms with E-state index in [0.717, 1.165) is 25.7 Å². The molecule has 0 radical (unpaired) electrons. The molecule has 2 rings (SSSR count). The zero-order valence-corrected chi connectivity index (χ0v) is 11.0. The van der Waals surface area contributed by atoms with Crippen molar-refractivity contribution in [3.05, 3.63) is 24.0 Å². The van der Waals surface area contributed by atoms with Crippen LogP contribution >= 0.6 is 0 Å². The molecule has 1 fully saturated rings. The van der Waals surface area contributed by atoms with Crippen LogP contribution in [0.15, 0.2) is 18.3 Å². The van der Waals surface area contributed by atoms with Gasteiger partial charge in [-0.15, -0.1) is 0 Å². The molecule has 2 unspecified atom stereocenters. The van der Waals surface area contributed by atoms with Crippen molar-refractivity contribution in [2.45, 2.75) is 38.1 Å². The van der Waals surface area contributed by atoms with Gasteiger partial charge in [0, 0.05) is 6.20 Å². The summed E-state index contributed by atoms with van der Waals surface area (Å²) in [5.74, 6) is 0.902. The van der Waals surface area contributed by atoms with Gasteiger partial charge in [-0.1, -0.05) is 19.8 Å². The molecule has 1 heterocycles. The molecular weight excluding hydrogens is 228 g/mol. The second-order valence-electron chi connectivity index (χ2n) is 5.24. The van der Waals surface area contributed by atoms with E-state index in [-0.39, 0.29) is 5.78 Å². The van der Waals surface area contributed by atoms with Gasteiger partial charge in [-0.2, -0.15) is 0 Å². The Kier molecular flexibility index (Phi) is 3.66. The van der Waals surface area contributed by atoms with Crippen molar-refractivity contribution >= 4 is 5.78 Å². The topological polar surface area (TPSA) is 65.2 Å². The molecule has 0 amide bonds. The number of hydrogen-bond donors (Lipinski definition) is 1. The second-order valence-corrected chi connectivity index (χ2v) is 5.24. The maximum atomic E-state index is 12.6. The lowest BCUT2D eigenvalue weighted by atomic mass is 9.74. The quantitative estimate of drug-likeness (QED) is 0.833. The van der Waals surface area contributed by atoms with Crippen molar-refractivity contribution in [3.8, 4) is 5.75 Å². The third-order valence-electron chi connectivity index (χ3n) is 3.69. The number of nitrogens with zero attached hydrogens (tertiary/aromatic N) is 1. The highest BCUT2D eigenvalue weighted by Crippen LogP contribution is 2.34. The summed E-state index contributed by atoms with van der Waals surface area (Å²) in [6.45, 7) is 2.14. The summed E-state index contributed by atoms with van der Waals surface area (Å²) >= 11 is 0. The number of aromatic nitrogens is 1. The molecule has 1 saturated carbocycles. The number of ketones is 1. The van der Waals surface area contributed by atoms with Gasteiger partial charge in [0.05, 0.1) is 12.6 Å². The lowest BCUT2D eigenvalue weighted by molar-refractivity contribution is 0.0810. The van der Waals surface area contributed by atoms with Crippen LogP contribution in [0, 0.1) is 5.92 Å². The fourth-order valence-corrected chi connectivity index (χ4v) is 2.76. The van der Waals surface area contributed by atoms with Crippen LogP contribution in [0.25, 0.3) is 0 Å². The molecule has 4 heteroatoms. The number of nitrogens with two attached hydrogens (primary N) is 1. The van der Waals surface area contributed by atoms with Crippen LogP contribution < -0.4 is 10.5 Å². The summed E-state index contributed by atoms with van der Waals surface area (Å²) in [6.07, 6.45) is 5.21. The number of ether oxygens (including phenoxy) is 1. The minimum Gasteiger partial charge on any atom is -0.494 e. The van der Waals surface area contributed by atoms with Crippen molar-refractivity contribution < 1.29 is 9.53 Å². The highest BCUT2D eigenvalue weighted by Gasteiger charge is 2.40. The molecule has 1 aromatic rings. The van der Waals surface area contributed by atoms with Crippen LogP contribution in [0.1, 0.15) is 43.1 Å². The predicted molar refractivity (Wildman–Crippen MR) is 69.7 cm³/mol. The van der Waals surface area contributed by atoms with E-state index >= 15 is 0 Å². The van der Waals surface area contributed by atoms with E-state index in [2.05, 4.69) is 11.9 Å². The van der Waals surface area contributed by atoms with E-state index in [1.165, 1.54) is 0 Å². The highest BCUT2D eigenvalue weighted by atomic mass is 16.5. The Morgan fingerprint density at radius 1 is 1.61 bits per heavy atom. The lowest BCUT2D eigenvalue weighted by Gasteiger charge is -2.35. The van der Waals surface area contributed by atoms with Crippen LogP contribution in [0.2, 0.25) is 0 Å². The third-order valence-corrected chi connectivity index (χ3v) is 3.69. The fraction of sp³-hybridized carbons (Fsp3) is 0.571. The number of methoxy groups -OCH3 is 1. The molecule has 4 nitrogen and oxygen atoms in total. The van der Waals surface area contributed by atoms with E-state index in [9.17, 15) is 4.79 Å². The zero-order chi connectivity index (χ0) is 13.2. The van der Waals surface area contributed by atoms with Crippen LogP contribution in [-0.2, 0) is 0 Å². The predicted octanol–water partition coefficient (Wildman–Crippen LogP) is 2.18. The molecule has 1 aromatic heterocycles. The van der Waals surface area contributed by atoms with Gasteiger partial charge in [0.1, 0.15) is 11.4 Å². The van der Waals surface area contributed by atoms with Gasteiger partial charge in [-0.25, -0.2) is 4.98 Å². The standard InChI is InChI=1S/C14H20N2O2/c1-10-5-3-7-14(15,9-10)13(17)12-11(18-2)6-4-8-16-12/h4,6,8,10H,3,5,7,9,15H2,1-2H3. The number of carbonyl (C=O) groups is 1. The first-order valence-electron chi connectivity index (χ1n) is 6.39. The summed E-state index contributed by atoms with van der Waals surface area (Å²) < 4.78 is 5.19. The van der Waals surface area contributed by atoms with Gasteiger partial charge < -0.3 is 10.5 Å². The number of rotatable bonds is 3. The van der Waals surface area contributed by atoms with Gasteiger partial charge in [0.2, 0.25) is 5.78 Å². The number of hydrogen-bond acceptors (Lipinski definition) is 4. The third kappa shape index (κ3) is 2.38. The molecule has 0 saturated heterocycles. The van der Waals surface area contributed by atoms with Gasteiger partial charge in [-0.05, 0) is 30.9 Å². The molecule has 98 valence electrons. The Bertz CT molecular complexity index is 447. The Morgan fingerprint density at radius 3 is 3.06 bits per heavy atom. The lowest BCUT2D eigenvalue weighted by Crippen LogP contribution is -2.51. The maximum absolute atomic E-state index is 12.6. The number of Topliss-reactive ketones (excluding diaryl/α,β-unsaturated/α-hetero) is 1. The molecule has 2 N–H and O–H groups in total. The van der Waals surface area contributed by atoms with E-state index in [0.29, 0.717) is 17.4 Å². The van der Waals surface area contributed by atoms with Crippen LogP contribution in [-0.4, -0.2) is 23.4 Å². The first-order chi connectivity index (χ1) is 8.57. The molecule has 1 aliphatic carbocycles. The van der Waals surface area contributed by atoms with Gasteiger partial charge in [0.25, 0.3) is 0 Å². The minimum atomic E-state index is -0.778. The smallest absolute Gasteiger partial charge is 0.204 e. The molecule has 2 atom stereocenters. The van der Waals surface area contributed by atoms with Crippen molar-refractivity contribution in [1.82, 2.24) is 4.98 Å². The Balaban J connectivity index is 2.30. The normalized spacial score (nSPS) is 27.8. The van der Waals surface area contributed by atoms with Gasteiger partial charge in [-0.3, -0.25) is 4.79 Å². The first kappa shape index (κ1) is 13.0. The molecular formula is C14H20N2O2. The average molecular weight is 248 g/mol. The van der Waals surface area contributed by atoms with E-state index < -0.39 is 5.54 Å². The molecule has 0 spiro atoms. The van der Waals surface area contributed by atoms with Crippen molar-refractivity contribution in [2.75, 3.05) is 7.11 Å². The summed E-state index contributed by atoms with van der Waals surface area (Å²) in [6, 6.07) is 3.50.